The van der Waals surface area contributed by atoms with E-state index in [0.717, 1.165) is 12.8 Å². The first kappa shape index (κ1) is 12.1. The average molecular weight is 260 g/mol. The smallest absolute Gasteiger partial charge is 0.250 e. The van der Waals surface area contributed by atoms with Crippen molar-refractivity contribution in [3.05, 3.63) is 18.7 Å². The molecule has 0 aliphatic carbocycles. The van der Waals surface area contributed by atoms with Crippen LogP contribution in [0.15, 0.2) is 18.7 Å². The van der Waals surface area contributed by atoms with Crippen molar-refractivity contribution < 1.29 is 9.59 Å². The average Bonchev–Trinajstić information content (AvgIpc) is 2.93. The van der Waals surface area contributed by atoms with E-state index in [4.69, 9.17) is 0 Å². The topological polar surface area (TPSA) is 66.4 Å². The van der Waals surface area contributed by atoms with Crippen molar-refractivity contribution in [3.63, 3.8) is 0 Å². The molecule has 2 saturated heterocycles. The number of fused-ring (bicyclic) bond motifs is 1. The van der Waals surface area contributed by atoms with Gasteiger partial charge in [-0.05, 0) is 19.3 Å². The number of hydrogen-bond acceptors (Lipinski definition) is 4. The molecule has 100 valence electrons. The van der Waals surface area contributed by atoms with Gasteiger partial charge in [0.25, 0.3) is 5.91 Å². The Labute approximate surface area is 111 Å². The Bertz CT molecular complexity index is 505. The second-order valence-corrected chi connectivity index (χ2v) is 4.92. The highest BCUT2D eigenvalue weighted by Crippen LogP contribution is 2.31. The monoisotopic (exact) mass is 260 g/mol. The molecular weight excluding hydrogens is 244 g/mol. The van der Waals surface area contributed by atoms with Crippen molar-refractivity contribution in [1.82, 2.24) is 14.9 Å². The quantitative estimate of drug-likeness (QED) is 0.780. The first-order chi connectivity index (χ1) is 9.24. The van der Waals surface area contributed by atoms with Crippen molar-refractivity contribution in [2.24, 2.45) is 0 Å². The van der Waals surface area contributed by atoms with Gasteiger partial charge in [-0.2, -0.15) is 0 Å². The fourth-order valence-electron chi connectivity index (χ4n) is 2.98. The minimum Gasteiger partial charge on any atom is -0.329 e. The molecule has 1 aromatic rings. The molecule has 3 heterocycles. The molecule has 19 heavy (non-hydrogen) atoms. The van der Waals surface area contributed by atoms with E-state index in [1.165, 1.54) is 6.33 Å². The summed E-state index contributed by atoms with van der Waals surface area (Å²) in [6.07, 6.45) is 6.85. The molecule has 2 unspecified atom stereocenters. The minimum atomic E-state index is -0.423. The van der Waals surface area contributed by atoms with Crippen molar-refractivity contribution in [1.29, 1.82) is 0 Å². The van der Waals surface area contributed by atoms with E-state index in [-0.39, 0.29) is 17.9 Å². The first-order valence-electron chi connectivity index (χ1n) is 6.62. The summed E-state index contributed by atoms with van der Waals surface area (Å²) < 4.78 is 0. The first-order valence-corrected chi connectivity index (χ1v) is 6.62. The predicted octanol–water partition coefficient (Wildman–Crippen LogP) is 0.593. The van der Waals surface area contributed by atoms with Crippen LogP contribution in [-0.2, 0) is 9.59 Å². The number of hydrogen-bond donors (Lipinski definition) is 0. The molecule has 1 aromatic heterocycles. The summed E-state index contributed by atoms with van der Waals surface area (Å²) in [5.74, 6) is 0.0483. The molecule has 0 saturated carbocycles. The normalized spacial score (nSPS) is 26.8. The Hall–Kier alpha value is -1.98. The van der Waals surface area contributed by atoms with E-state index >= 15 is 0 Å². The Morgan fingerprint density at radius 2 is 2.00 bits per heavy atom. The van der Waals surface area contributed by atoms with Crippen LogP contribution < -0.4 is 4.90 Å². The van der Waals surface area contributed by atoms with E-state index in [0.29, 0.717) is 18.7 Å². The molecule has 0 aromatic carbocycles. The largest absolute Gasteiger partial charge is 0.329 e. The minimum absolute atomic E-state index is 0.00116. The van der Waals surface area contributed by atoms with Gasteiger partial charge >= 0.3 is 0 Å². The van der Waals surface area contributed by atoms with Gasteiger partial charge in [-0.1, -0.05) is 6.92 Å². The fraction of sp³-hybridized carbons (Fsp3) is 0.538. The van der Waals surface area contributed by atoms with Gasteiger partial charge in [-0.15, -0.1) is 0 Å². The number of carbonyl (C=O) groups is 2. The summed E-state index contributed by atoms with van der Waals surface area (Å²) in [6.45, 7) is 2.62. The molecule has 2 amide bonds. The summed E-state index contributed by atoms with van der Waals surface area (Å²) in [5, 5.41) is 0. The van der Waals surface area contributed by atoms with E-state index < -0.39 is 6.04 Å². The van der Waals surface area contributed by atoms with Gasteiger partial charge in [-0.25, -0.2) is 9.97 Å². The van der Waals surface area contributed by atoms with Crippen molar-refractivity contribution in [3.8, 4) is 0 Å². The van der Waals surface area contributed by atoms with Gasteiger partial charge in [-0.3, -0.25) is 14.5 Å². The second kappa shape index (κ2) is 4.60. The molecule has 2 atom stereocenters. The molecule has 0 radical (unpaired) electrons. The highest BCUT2D eigenvalue weighted by Gasteiger charge is 2.47. The number of aromatic nitrogens is 2. The van der Waals surface area contributed by atoms with Crippen LogP contribution >= 0.6 is 0 Å². The van der Waals surface area contributed by atoms with Crippen molar-refractivity contribution in [2.75, 3.05) is 11.4 Å². The van der Waals surface area contributed by atoms with Crippen LogP contribution in [0.1, 0.15) is 26.2 Å². The summed E-state index contributed by atoms with van der Waals surface area (Å²) >= 11 is 0. The van der Waals surface area contributed by atoms with Gasteiger partial charge in [0.1, 0.15) is 18.4 Å². The molecule has 0 bridgehead atoms. The Balaban J connectivity index is 2.01. The van der Waals surface area contributed by atoms with E-state index in [1.807, 2.05) is 6.92 Å². The zero-order valence-corrected chi connectivity index (χ0v) is 10.8. The molecule has 3 rings (SSSR count). The number of nitrogens with zero attached hydrogens (tertiary/aromatic N) is 4. The maximum atomic E-state index is 12.6. The Kier molecular flexibility index (Phi) is 2.93. The van der Waals surface area contributed by atoms with Gasteiger partial charge in [0.15, 0.2) is 0 Å². The fourth-order valence-corrected chi connectivity index (χ4v) is 2.98. The predicted molar refractivity (Wildman–Crippen MR) is 68.3 cm³/mol. The van der Waals surface area contributed by atoms with Crippen LogP contribution in [0.2, 0.25) is 0 Å². The van der Waals surface area contributed by atoms with Gasteiger partial charge in [0.05, 0.1) is 18.1 Å². The molecule has 0 spiro atoms. The van der Waals surface area contributed by atoms with Gasteiger partial charge in [0.2, 0.25) is 5.91 Å². The van der Waals surface area contributed by atoms with E-state index in [1.54, 1.807) is 22.2 Å². The van der Waals surface area contributed by atoms with Crippen molar-refractivity contribution >= 4 is 17.5 Å². The standard InChI is InChI=1S/C13H16N4O2/c1-2-10-12(18)16-5-3-4-11(16)13(19)17(10)9-6-14-8-15-7-9/h6-8,10-11H,2-5H2,1H3. The van der Waals surface area contributed by atoms with Crippen LogP contribution in [-0.4, -0.2) is 45.3 Å². The molecule has 6 heteroatoms. The third-order valence-electron chi connectivity index (χ3n) is 3.87. The SMILES string of the molecule is CCC1C(=O)N2CCCC2C(=O)N1c1cncnc1. The number of piperazine rings is 1. The van der Waals surface area contributed by atoms with Gasteiger partial charge < -0.3 is 4.90 Å². The Morgan fingerprint density at radius 3 is 2.68 bits per heavy atom. The third-order valence-corrected chi connectivity index (χ3v) is 3.87. The van der Waals surface area contributed by atoms with Crippen LogP contribution in [0.25, 0.3) is 0 Å². The molecule has 2 aliphatic rings. The maximum absolute atomic E-state index is 12.6. The number of amides is 2. The van der Waals surface area contributed by atoms with E-state index in [2.05, 4.69) is 9.97 Å². The number of carbonyl (C=O) groups excluding carboxylic acids is 2. The Morgan fingerprint density at radius 1 is 1.26 bits per heavy atom. The van der Waals surface area contributed by atoms with Crippen LogP contribution in [0.4, 0.5) is 5.69 Å². The number of anilines is 1. The molecule has 6 nitrogen and oxygen atoms in total. The lowest BCUT2D eigenvalue weighted by Crippen LogP contribution is -2.63. The lowest BCUT2D eigenvalue weighted by molar-refractivity contribution is -0.144. The summed E-state index contributed by atoms with van der Waals surface area (Å²) in [5.41, 5.74) is 0.610. The molecule has 2 aliphatic heterocycles. The van der Waals surface area contributed by atoms with Gasteiger partial charge in [0, 0.05) is 6.54 Å². The molecule has 2 fully saturated rings. The number of rotatable bonds is 2. The zero-order chi connectivity index (χ0) is 13.4. The lowest BCUT2D eigenvalue weighted by atomic mass is 10.0. The molecule has 0 N–H and O–H groups in total. The maximum Gasteiger partial charge on any atom is 0.250 e. The highest BCUT2D eigenvalue weighted by atomic mass is 16.2. The van der Waals surface area contributed by atoms with Crippen LogP contribution in [0.5, 0.6) is 0 Å². The third kappa shape index (κ3) is 1.78. The lowest BCUT2D eigenvalue weighted by Gasteiger charge is -2.41. The molecular formula is C13H16N4O2. The van der Waals surface area contributed by atoms with Crippen molar-refractivity contribution in [2.45, 2.75) is 38.3 Å². The van der Waals surface area contributed by atoms with Crippen LogP contribution in [0.3, 0.4) is 0 Å². The summed E-state index contributed by atoms with van der Waals surface area (Å²) in [4.78, 5) is 36.3. The summed E-state index contributed by atoms with van der Waals surface area (Å²) in [6, 6.07) is -0.719. The summed E-state index contributed by atoms with van der Waals surface area (Å²) in [7, 11) is 0. The van der Waals surface area contributed by atoms with E-state index in [9.17, 15) is 9.59 Å². The van der Waals surface area contributed by atoms with Crippen LogP contribution in [0, 0.1) is 0 Å². The second-order valence-electron chi connectivity index (χ2n) is 4.92. The zero-order valence-electron chi connectivity index (χ0n) is 10.8. The highest BCUT2D eigenvalue weighted by molar-refractivity contribution is 6.08.